The number of aliphatic hydroxyl groups excluding tert-OH is 1. The second kappa shape index (κ2) is 7.37. The number of allylic oxidation sites excluding steroid dienone is 1. The van der Waals surface area contributed by atoms with E-state index >= 15 is 0 Å². The van der Waals surface area contributed by atoms with Crippen molar-refractivity contribution in [2.75, 3.05) is 0 Å². The minimum atomic E-state index is -4.66. The van der Waals surface area contributed by atoms with E-state index in [0.29, 0.717) is 18.4 Å². The second-order valence-corrected chi connectivity index (χ2v) is 11.5. The molecule has 3 saturated carbocycles. The van der Waals surface area contributed by atoms with Crippen LogP contribution in [-0.2, 0) is 0 Å². The number of hydrogen-bond acceptors (Lipinski definition) is 2. The van der Waals surface area contributed by atoms with Crippen LogP contribution in [0.5, 0.6) is 0 Å². The smallest absolute Gasteiger partial charge is 0.383 e. The highest BCUT2D eigenvalue weighted by Crippen LogP contribution is 2.68. The van der Waals surface area contributed by atoms with Gasteiger partial charge in [-0.3, -0.25) is 0 Å². The lowest BCUT2D eigenvalue weighted by Gasteiger charge is -2.59. The number of alkyl halides is 6. The fourth-order valence-electron chi connectivity index (χ4n) is 8.31. The molecular weight excluding hydrogens is 434 g/mol. The molecule has 0 saturated heterocycles. The van der Waals surface area contributed by atoms with Crippen LogP contribution in [0.25, 0.3) is 0 Å². The van der Waals surface area contributed by atoms with E-state index in [2.05, 4.69) is 6.92 Å². The third-order valence-electron chi connectivity index (χ3n) is 10.2. The van der Waals surface area contributed by atoms with E-state index in [4.69, 9.17) is 0 Å². The van der Waals surface area contributed by atoms with Crippen molar-refractivity contribution in [1.29, 1.82) is 0 Å². The lowest BCUT2D eigenvalue weighted by atomic mass is 9.46. The van der Waals surface area contributed by atoms with Gasteiger partial charge in [-0.05, 0) is 85.4 Å². The van der Waals surface area contributed by atoms with Crippen molar-refractivity contribution in [3.8, 4) is 0 Å². The molecule has 0 bridgehead atoms. The van der Waals surface area contributed by atoms with Crippen molar-refractivity contribution in [3.63, 3.8) is 0 Å². The highest BCUT2D eigenvalue weighted by molar-refractivity contribution is 5.28. The molecule has 0 amide bonds. The zero-order valence-corrected chi connectivity index (χ0v) is 18.9. The molecule has 0 spiro atoms. The summed E-state index contributed by atoms with van der Waals surface area (Å²) in [6.45, 7) is 5.59. The molecule has 3 fully saturated rings. The van der Waals surface area contributed by atoms with Gasteiger partial charge in [0.1, 0.15) is 0 Å². The fraction of sp³-hybridized carbons (Fsp3) is 0.917. The number of rotatable bonds is 2. The van der Waals surface area contributed by atoms with E-state index in [1.807, 2.05) is 13.0 Å². The van der Waals surface area contributed by atoms with Crippen molar-refractivity contribution in [1.82, 2.24) is 0 Å². The zero-order chi connectivity index (χ0) is 23.9. The topological polar surface area (TPSA) is 40.5 Å². The van der Waals surface area contributed by atoms with E-state index < -0.39 is 35.4 Å². The van der Waals surface area contributed by atoms with Gasteiger partial charge in [0, 0.05) is 6.42 Å². The van der Waals surface area contributed by atoms with Gasteiger partial charge < -0.3 is 10.2 Å². The lowest BCUT2D eigenvalue weighted by Crippen LogP contribution is -2.56. The van der Waals surface area contributed by atoms with Crippen LogP contribution >= 0.6 is 0 Å². The third-order valence-corrected chi connectivity index (χ3v) is 10.2. The highest BCUT2D eigenvalue weighted by Gasteiger charge is 2.64. The summed E-state index contributed by atoms with van der Waals surface area (Å²) < 4.78 is 80.0. The van der Waals surface area contributed by atoms with Gasteiger partial charge >= 0.3 is 12.4 Å². The van der Waals surface area contributed by atoms with Gasteiger partial charge in [0.25, 0.3) is 0 Å². The van der Waals surface area contributed by atoms with E-state index in [9.17, 15) is 36.6 Å². The van der Waals surface area contributed by atoms with Crippen LogP contribution in [-0.4, -0.2) is 34.3 Å². The molecule has 4 rings (SSSR count). The summed E-state index contributed by atoms with van der Waals surface area (Å²) in [4.78, 5) is 0. The first-order valence-electron chi connectivity index (χ1n) is 11.8. The van der Waals surface area contributed by atoms with Crippen molar-refractivity contribution in [2.24, 2.45) is 40.4 Å². The molecule has 0 aromatic heterocycles. The van der Waals surface area contributed by atoms with Crippen LogP contribution in [0.4, 0.5) is 26.3 Å². The minimum absolute atomic E-state index is 0.181. The van der Waals surface area contributed by atoms with Crippen LogP contribution in [0.1, 0.15) is 72.1 Å². The van der Waals surface area contributed by atoms with Crippen LogP contribution in [0, 0.1) is 40.4 Å². The Morgan fingerprint density at radius 2 is 1.62 bits per heavy atom. The van der Waals surface area contributed by atoms with Gasteiger partial charge in [-0.25, -0.2) is 0 Å². The first-order valence-corrected chi connectivity index (χ1v) is 11.8. The minimum Gasteiger partial charge on any atom is -0.383 e. The summed E-state index contributed by atoms with van der Waals surface area (Å²) in [5.41, 5.74) is -2.69. The van der Waals surface area contributed by atoms with Gasteiger partial charge in [0.2, 0.25) is 0 Å². The Hall–Kier alpha value is -0.760. The molecule has 0 aliphatic heterocycles. The summed E-state index contributed by atoms with van der Waals surface area (Å²) in [7, 11) is 0. The molecule has 0 radical (unpaired) electrons. The highest BCUT2D eigenvalue weighted by atomic mass is 19.4. The molecule has 2 N–H and O–H groups in total. The molecule has 8 heteroatoms. The predicted octanol–water partition coefficient (Wildman–Crippen LogP) is 6.42. The van der Waals surface area contributed by atoms with Crippen molar-refractivity contribution >= 4 is 0 Å². The fourth-order valence-corrected chi connectivity index (χ4v) is 8.31. The molecule has 0 aromatic carbocycles. The quantitative estimate of drug-likeness (QED) is 0.363. The Morgan fingerprint density at radius 1 is 0.969 bits per heavy atom. The van der Waals surface area contributed by atoms with Crippen LogP contribution < -0.4 is 0 Å². The molecule has 32 heavy (non-hydrogen) atoms. The van der Waals surface area contributed by atoms with Gasteiger partial charge in [0.05, 0.1) is 0 Å². The van der Waals surface area contributed by atoms with Gasteiger partial charge in [-0.1, -0.05) is 32.4 Å². The monoisotopic (exact) mass is 468 g/mol. The molecule has 9 atom stereocenters. The maximum Gasteiger partial charge on any atom is 0.417 e. The maximum atomic E-state index is 13.5. The summed E-state index contributed by atoms with van der Waals surface area (Å²) >= 11 is 0. The van der Waals surface area contributed by atoms with E-state index in [-0.39, 0.29) is 48.3 Å². The van der Waals surface area contributed by atoms with Crippen LogP contribution in [0.3, 0.4) is 0 Å². The van der Waals surface area contributed by atoms with E-state index in [1.165, 1.54) is 6.92 Å². The number of aliphatic hydroxyl groups is 2. The Kier molecular flexibility index (Phi) is 5.61. The SMILES string of the molecule is C[C@@H]([C@H]1CC[C@H]2[C@@H]3CC=C4C[C@](O)(C(F)(F)F)CC[C@]4(C)[C@H]3CC[C@]12C)[C@H](O)C(F)(F)F. The molecular formula is C24H34F6O2. The van der Waals surface area contributed by atoms with E-state index in [0.717, 1.165) is 19.3 Å². The van der Waals surface area contributed by atoms with Crippen LogP contribution in [0.15, 0.2) is 11.6 Å². The lowest BCUT2D eigenvalue weighted by molar-refractivity contribution is -0.271. The Balaban J connectivity index is 1.59. The Labute approximate surface area is 185 Å². The summed E-state index contributed by atoms with van der Waals surface area (Å²) in [5.74, 6) is -0.514. The number of fused-ring (bicyclic) bond motifs is 5. The largest absolute Gasteiger partial charge is 0.417 e. The maximum absolute atomic E-state index is 13.5. The molecule has 0 heterocycles. The summed E-state index contributed by atoms with van der Waals surface area (Å²) in [5, 5.41) is 20.2. The summed E-state index contributed by atoms with van der Waals surface area (Å²) in [6.07, 6.45) is -6.63. The normalized spacial score (nSPS) is 46.5. The summed E-state index contributed by atoms with van der Waals surface area (Å²) in [6, 6.07) is 0. The first kappa shape index (κ1) is 24.4. The molecule has 4 aliphatic carbocycles. The van der Waals surface area contributed by atoms with Gasteiger partial charge in [-0.15, -0.1) is 0 Å². The zero-order valence-electron chi connectivity index (χ0n) is 18.9. The molecule has 0 aromatic rings. The van der Waals surface area contributed by atoms with Gasteiger partial charge in [-0.2, -0.15) is 26.3 Å². The Bertz CT molecular complexity index is 775. The van der Waals surface area contributed by atoms with E-state index in [1.54, 1.807) is 0 Å². The average Bonchev–Trinajstić information content (AvgIpc) is 3.03. The molecule has 4 aliphatic rings. The van der Waals surface area contributed by atoms with Crippen LogP contribution in [0.2, 0.25) is 0 Å². The molecule has 2 nitrogen and oxygen atoms in total. The standard InChI is InChI=1S/C24H34F6O2/c1-13(19(31)23(25,26)27)16-6-7-17-15-5-4-14-12-22(32,24(28,29)30)11-10-20(14,2)18(15)8-9-21(16,17)3/h4,13,15-19,31-32H,5-12H2,1-3H3/t13-,15-,16+,17-,18-,19-,20-,21+,22-/m0/s1. The number of halogens is 6. The van der Waals surface area contributed by atoms with Crippen molar-refractivity contribution in [3.05, 3.63) is 11.6 Å². The van der Waals surface area contributed by atoms with Crippen molar-refractivity contribution in [2.45, 2.75) is 96.2 Å². The third kappa shape index (κ3) is 3.45. The predicted molar refractivity (Wildman–Crippen MR) is 107 cm³/mol. The Morgan fingerprint density at radius 3 is 2.22 bits per heavy atom. The van der Waals surface area contributed by atoms with Crippen molar-refractivity contribution < 1.29 is 36.6 Å². The molecule has 0 unspecified atom stereocenters. The second-order valence-electron chi connectivity index (χ2n) is 11.5. The molecule has 184 valence electrons. The average molecular weight is 469 g/mol. The first-order chi connectivity index (χ1) is 14.5. The number of hydrogen-bond donors (Lipinski definition) is 2. The van der Waals surface area contributed by atoms with Gasteiger partial charge in [0.15, 0.2) is 11.7 Å².